The Morgan fingerprint density at radius 2 is 1.76 bits per heavy atom. The largest absolute Gasteiger partial charge is 0.393 e. The first-order valence-corrected chi connectivity index (χ1v) is 12.3. The van der Waals surface area contributed by atoms with Crippen molar-refractivity contribution < 1.29 is 9.90 Å². The summed E-state index contributed by atoms with van der Waals surface area (Å²) in [5.41, 5.74) is 5.22. The summed E-state index contributed by atoms with van der Waals surface area (Å²) in [5.74, 6) is 0.735. The van der Waals surface area contributed by atoms with Gasteiger partial charge in [-0.1, -0.05) is 18.2 Å². The van der Waals surface area contributed by atoms with E-state index in [0.717, 1.165) is 76.2 Å². The molecule has 1 aromatic carbocycles. The number of aliphatic hydroxyl groups excluding tert-OH is 1. The third-order valence-corrected chi connectivity index (χ3v) is 7.33. The van der Waals surface area contributed by atoms with Gasteiger partial charge in [-0.15, -0.1) is 0 Å². The summed E-state index contributed by atoms with van der Waals surface area (Å²) < 4.78 is 0. The van der Waals surface area contributed by atoms with Crippen molar-refractivity contribution in [2.45, 2.75) is 65.0 Å². The molecule has 0 atom stereocenters. The van der Waals surface area contributed by atoms with E-state index in [9.17, 15) is 9.90 Å². The average molecular weight is 452 g/mol. The molecule has 2 saturated heterocycles. The number of hydrogen-bond donors (Lipinski definition) is 2. The fraction of sp³-hybridized carbons (Fsp3) is 0.577. The maximum absolute atomic E-state index is 13.2. The van der Waals surface area contributed by atoms with Crippen LogP contribution in [0.2, 0.25) is 0 Å². The SMILES string of the molecule is Cc1ccc(CCNc2ncnc(C(=O)N3CCC(N4CCC(O)CC4)CC3)c2C)cc1C. The van der Waals surface area contributed by atoms with Gasteiger partial charge in [-0.05, 0) is 69.6 Å². The highest BCUT2D eigenvalue weighted by molar-refractivity contribution is 5.94. The van der Waals surface area contributed by atoms with Gasteiger partial charge in [0.1, 0.15) is 17.8 Å². The van der Waals surface area contributed by atoms with Crippen molar-refractivity contribution in [3.63, 3.8) is 0 Å². The van der Waals surface area contributed by atoms with Gasteiger partial charge in [0.25, 0.3) is 5.91 Å². The molecule has 3 heterocycles. The molecule has 7 nitrogen and oxygen atoms in total. The lowest BCUT2D eigenvalue weighted by Gasteiger charge is -2.41. The molecule has 2 aromatic rings. The number of nitrogens with zero attached hydrogens (tertiary/aromatic N) is 4. The first-order valence-electron chi connectivity index (χ1n) is 12.3. The van der Waals surface area contributed by atoms with Crippen molar-refractivity contribution in [2.24, 2.45) is 0 Å². The Hall–Kier alpha value is -2.51. The molecule has 2 fully saturated rings. The normalized spacial score (nSPS) is 18.5. The number of carbonyl (C=O) groups is 1. The van der Waals surface area contributed by atoms with Gasteiger partial charge < -0.3 is 20.2 Å². The summed E-state index contributed by atoms with van der Waals surface area (Å²) in [6, 6.07) is 7.07. The second-order valence-corrected chi connectivity index (χ2v) is 9.58. The topological polar surface area (TPSA) is 81.6 Å². The second-order valence-electron chi connectivity index (χ2n) is 9.58. The van der Waals surface area contributed by atoms with Crippen molar-refractivity contribution in [1.82, 2.24) is 19.8 Å². The first kappa shape index (κ1) is 23.6. The number of aromatic nitrogens is 2. The number of nitrogens with one attached hydrogen (secondary N) is 1. The molecule has 0 bridgehead atoms. The van der Waals surface area contributed by atoms with Gasteiger partial charge >= 0.3 is 0 Å². The van der Waals surface area contributed by atoms with Crippen molar-refractivity contribution in [2.75, 3.05) is 38.0 Å². The summed E-state index contributed by atoms with van der Waals surface area (Å²) in [6.45, 7) is 10.4. The van der Waals surface area contributed by atoms with E-state index in [1.807, 2.05) is 11.8 Å². The number of anilines is 1. The zero-order valence-electron chi connectivity index (χ0n) is 20.2. The Morgan fingerprint density at radius 3 is 2.45 bits per heavy atom. The third-order valence-electron chi connectivity index (χ3n) is 7.33. The van der Waals surface area contributed by atoms with Crippen LogP contribution in [-0.4, -0.2) is 75.7 Å². The van der Waals surface area contributed by atoms with E-state index in [1.54, 1.807) is 0 Å². The highest BCUT2D eigenvalue weighted by Gasteiger charge is 2.30. The minimum atomic E-state index is -0.146. The van der Waals surface area contributed by atoms with E-state index < -0.39 is 0 Å². The van der Waals surface area contributed by atoms with Crippen molar-refractivity contribution in [3.8, 4) is 0 Å². The molecule has 0 aliphatic carbocycles. The van der Waals surface area contributed by atoms with Gasteiger partial charge in [-0.3, -0.25) is 4.79 Å². The molecule has 2 N–H and O–H groups in total. The van der Waals surface area contributed by atoms with Gasteiger partial charge in [0.15, 0.2) is 0 Å². The number of amides is 1. The summed E-state index contributed by atoms with van der Waals surface area (Å²) in [6.07, 6.45) is 5.92. The fourth-order valence-electron chi connectivity index (χ4n) is 4.96. The van der Waals surface area contributed by atoms with Crippen molar-refractivity contribution >= 4 is 11.7 Å². The van der Waals surface area contributed by atoms with Crippen LogP contribution in [0, 0.1) is 20.8 Å². The predicted molar refractivity (Wildman–Crippen MR) is 131 cm³/mol. The van der Waals surface area contributed by atoms with Crippen LogP contribution < -0.4 is 5.32 Å². The molecule has 1 aromatic heterocycles. The Morgan fingerprint density at radius 1 is 1.03 bits per heavy atom. The second kappa shape index (κ2) is 10.6. The molecule has 0 saturated carbocycles. The van der Waals surface area contributed by atoms with Crippen molar-refractivity contribution in [1.29, 1.82) is 0 Å². The Balaban J connectivity index is 1.32. The number of benzene rings is 1. The predicted octanol–water partition coefficient (Wildman–Crippen LogP) is 3.12. The van der Waals surface area contributed by atoms with Gasteiger partial charge in [0, 0.05) is 44.3 Å². The smallest absolute Gasteiger partial charge is 0.272 e. The number of piperidine rings is 2. The lowest BCUT2D eigenvalue weighted by molar-refractivity contribution is 0.0355. The quantitative estimate of drug-likeness (QED) is 0.702. The van der Waals surface area contributed by atoms with Gasteiger partial charge in [-0.25, -0.2) is 9.97 Å². The van der Waals surface area contributed by atoms with E-state index >= 15 is 0 Å². The number of likely N-dealkylation sites (tertiary alicyclic amines) is 2. The molecule has 7 heteroatoms. The molecular weight excluding hydrogens is 414 g/mol. The molecule has 33 heavy (non-hydrogen) atoms. The van der Waals surface area contributed by atoms with Crippen LogP contribution in [0.3, 0.4) is 0 Å². The number of carbonyl (C=O) groups excluding carboxylic acids is 1. The van der Waals surface area contributed by atoms with E-state index in [-0.39, 0.29) is 12.0 Å². The number of aryl methyl sites for hydroxylation is 2. The third kappa shape index (κ3) is 5.71. The minimum Gasteiger partial charge on any atom is -0.393 e. The Labute approximate surface area is 197 Å². The molecule has 0 unspecified atom stereocenters. The van der Waals surface area contributed by atoms with Crippen LogP contribution in [-0.2, 0) is 6.42 Å². The standard InChI is InChI=1S/C26H37N5O2/c1-18-4-5-21(16-19(18)2)6-11-27-25-20(3)24(28-17-29-25)26(33)31-12-7-22(8-13-31)30-14-9-23(32)10-15-30/h4-5,16-17,22-23,32H,6-15H2,1-3H3,(H,27,28,29). The molecule has 2 aliphatic heterocycles. The zero-order valence-corrected chi connectivity index (χ0v) is 20.2. The summed E-state index contributed by atoms with van der Waals surface area (Å²) in [4.78, 5) is 26.4. The van der Waals surface area contributed by atoms with Gasteiger partial charge in [-0.2, -0.15) is 0 Å². The van der Waals surface area contributed by atoms with Crippen LogP contribution in [0.5, 0.6) is 0 Å². The van der Waals surface area contributed by atoms with Crippen LogP contribution in [0.4, 0.5) is 5.82 Å². The number of aliphatic hydroxyl groups is 1. The van der Waals surface area contributed by atoms with E-state index in [1.165, 1.54) is 23.0 Å². The van der Waals surface area contributed by atoms with E-state index in [4.69, 9.17) is 0 Å². The molecule has 4 rings (SSSR count). The number of rotatable bonds is 6. The van der Waals surface area contributed by atoms with E-state index in [2.05, 4.69) is 52.2 Å². The monoisotopic (exact) mass is 451 g/mol. The summed E-state index contributed by atoms with van der Waals surface area (Å²) in [7, 11) is 0. The first-order chi connectivity index (χ1) is 15.9. The molecule has 1 amide bonds. The summed E-state index contributed by atoms with van der Waals surface area (Å²) in [5, 5.41) is 13.1. The van der Waals surface area contributed by atoms with Crippen LogP contribution >= 0.6 is 0 Å². The fourth-order valence-corrected chi connectivity index (χ4v) is 4.96. The van der Waals surface area contributed by atoms with Crippen LogP contribution in [0.1, 0.15) is 58.4 Å². The molecule has 0 radical (unpaired) electrons. The maximum atomic E-state index is 13.2. The molecule has 0 spiro atoms. The Bertz CT molecular complexity index is 963. The molecular formula is C26H37N5O2. The average Bonchev–Trinajstić information content (AvgIpc) is 2.83. The lowest BCUT2D eigenvalue weighted by atomic mass is 9.98. The molecule has 178 valence electrons. The highest BCUT2D eigenvalue weighted by Crippen LogP contribution is 2.23. The van der Waals surface area contributed by atoms with Gasteiger partial charge in [0.05, 0.1) is 6.10 Å². The Kier molecular flexibility index (Phi) is 7.60. The van der Waals surface area contributed by atoms with Crippen LogP contribution in [0.25, 0.3) is 0 Å². The van der Waals surface area contributed by atoms with Crippen LogP contribution in [0.15, 0.2) is 24.5 Å². The maximum Gasteiger partial charge on any atom is 0.272 e. The number of hydrogen-bond acceptors (Lipinski definition) is 6. The van der Waals surface area contributed by atoms with E-state index in [0.29, 0.717) is 11.7 Å². The zero-order chi connectivity index (χ0) is 23.4. The summed E-state index contributed by atoms with van der Waals surface area (Å²) >= 11 is 0. The van der Waals surface area contributed by atoms with Crippen molar-refractivity contribution in [3.05, 3.63) is 52.5 Å². The molecule has 2 aliphatic rings. The highest BCUT2D eigenvalue weighted by atomic mass is 16.3. The lowest BCUT2D eigenvalue weighted by Crippen LogP contribution is -2.49. The minimum absolute atomic E-state index is 0.000347. The van der Waals surface area contributed by atoms with Gasteiger partial charge in [0.2, 0.25) is 0 Å².